The molecule has 6 nitrogen and oxygen atoms in total. The molecule has 8 heteroatoms. The van der Waals surface area contributed by atoms with Crippen molar-refractivity contribution in [3.8, 4) is 0 Å². The lowest BCUT2D eigenvalue weighted by atomic mass is 9.86. The van der Waals surface area contributed by atoms with Crippen LogP contribution in [0.15, 0.2) is 30.6 Å². The minimum atomic E-state index is -0.442. The number of carbonyl (C=O) groups excluding carboxylic acids is 1. The first kappa shape index (κ1) is 22.7. The van der Waals surface area contributed by atoms with Crippen LogP contribution >= 0.6 is 24.8 Å². The van der Waals surface area contributed by atoms with Crippen molar-refractivity contribution < 1.29 is 4.79 Å². The first-order chi connectivity index (χ1) is 11.3. The van der Waals surface area contributed by atoms with E-state index in [-0.39, 0.29) is 36.1 Å². The van der Waals surface area contributed by atoms with Gasteiger partial charge in [-0.05, 0) is 17.5 Å². The van der Waals surface area contributed by atoms with Crippen LogP contribution in [0.2, 0.25) is 0 Å². The molecule has 1 fully saturated rings. The number of piperazine rings is 1. The standard InChI is InChI=1S/C18H27N5O.2ClH/c1-18(2,3)16(19)17(24)22-10-8-21(9-11-22)12-14-13-23-7-5-4-6-15(23)20-14;;/h4-7,13,16H,8-12,19H2,1-3H3;2*1H/t16-;;/m1../s1. The maximum absolute atomic E-state index is 12.5. The van der Waals surface area contributed by atoms with E-state index < -0.39 is 6.04 Å². The fourth-order valence-corrected chi connectivity index (χ4v) is 2.99. The lowest BCUT2D eigenvalue weighted by molar-refractivity contribution is -0.136. The second-order valence-electron chi connectivity index (χ2n) is 7.64. The van der Waals surface area contributed by atoms with E-state index in [9.17, 15) is 4.79 Å². The number of hydrogen-bond acceptors (Lipinski definition) is 4. The Morgan fingerprint density at radius 1 is 1.19 bits per heavy atom. The topological polar surface area (TPSA) is 66.9 Å². The van der Waals surface area contributed by atoms with Crippen molar-refractivity contribution >= 4 is 36.4 Å². The van der Waals surface area contributed by atoms with Crippen LogP contribution in [0.5, 0.6) is 0 Å². The molecule has 3 rings (SSSR count). The molecule has 0 aliphatic carbocycles. The highest BCUT2D eigenvalue weighted by atomic mass is 35.5. The average Bonchev–Trinajstić information content (AvgIpc) is 2.95. The first-order valence-electron chi connectivity index (χ1n) is 8.54. The van der Waals surface area contributed by atoms with Gasteiger partial charge in [0.2, 0.25) is 5.91 Å². The fourth-order valence-electron chi connectivity index (χ4n) is 2.99. The van der Waals surface area contributed by atoms with E-state index in [1.165, 1.54) is 0 Å². The number of pyridine rings is 1. The van der Waals surface area contributed by atoms with E-state index in [0.29, 0.717) is 0 Å². The molecule has 2 N–H and O–H groups in total. The number of halogens is 2. The minimum Gasteiger partial charge on any atom is -0.339 e. The van der Waals surface area contributed by atoms with Crippen molar-refractivity contribution in [3.63, 3.8) is 0 Å². The van der Waals surface area contributed by atoms with Gasteiger partial charge in [0, 0.05) is 45.1 Å². The number of rotatable bonds is 3. The van der Waals surface area contributed by atoms with Crippen molar-refractivity contribution in [2.24, 2.45) is 11.1 Å². The molecule has 0 spiro atoms. The van der Waals surface area contributed by atoms with Gasteiger partial charge in [0.25, 0.3) is 0 Å². The van der Waals surface area contributed by atoms with Gasteiger partial charge in [-0.1, -0.05) is 26.8 Å². The molecule has 0 bridgehead atoms. The van der Waals surface area contributed by atoms with Gasteiger partial charge < -0.3 is 15.0 Å². The SMILES string of the molecule is CC(C)(C)[C@H](N)C(=O)N1CCN(Cc2cn3ccccc3n2)CC1.Cl.Cl. The van der Waals surface area contributed by atoms with Crippen molar-refractivity contribution in [2.75, 3.05) is 26.2 Å². The van der Waals surface area contributed by atoms with Crippen LogP contribution < -0.4 is 5.73 Å². The largest absolute Gasteiger partial charge is 0.339 e. The summed E-state index contributed by atoms with van der Waals surface area (Å²) in [5.74, 6) is 0.0647. The van der Waals surface area contributed by atoms with Gasteiger partial charge >= 0.3 is 0 Å². The molecule has 0 unspecified atom stereocenters. The zero-order valence-electron chi connectivity index (χ0n) is 15.6. The molecule has 0 saturated carbocycles. The number of carbonyl (C=O) groups is 1. The Morgan fingerprint density at radius 2 is 1.85 bits per heavy atom. The minimum absolute atomic E-state index is 0. The van der Waals surface area contributed by atoms with Crippen molar-refractivity contribution in [1.82, 2.24) is 19.2 Å². The van der Waals surface area contributed by atoms with Crippen LogP contribution in [0.1, 0.15) is 26.5 Å². The van der Waals surface area contributed by atoms with E-state index in [0.717, 1.165) is 44.1 Å². The Morgan fingerprint density at radius 3 is 2.42 bits per heavy atom. The lowest BCUT2D eigenvalue weighted by Crippen LogP contribution is -2.56. The highest BCUT2D eigenvalue weighted by molar-refractivity contribution is 5.85. The van der Waals surface area contributed by atoms with Gasteiger partial charge in [-0.25, -0.2) is 4.98 Å². The number of nitrogens with zero attached hydrogens (tertiary/aromatic N) is 4. The van der Waals surface area contributed by atoms with Crippen molar-refractivity contribution in [3.05, 3.63) is 36.3 Å². The Labute approximate surface area is 167 Å². The molecule has 1 aliphatic heterocycles. The third-order valence-corrected chi connectivity index (χ3v) is 4.68. The molecular weight excluding hydrogens is 373 g/mol. The molecular formula is C18H29Cl2N5O. The number of imidazole rings is 1. The normalized spacial score (nSPS) is 16.7. The summed E-state index contributed by atoms with van der Waals surface area (Å²) in [5, 5.41) is 0. The quantitative estimate of drug-likeness (QED) is 0.855. The molecule has 1 saturated heterocycles. The summed E-state index contributed by atoms with van der Waals surface area (Å²) < 4.78 is 2.04. The third kappa shape index (κ3) is 5.10. The predicted octanol–water partition coefficient (Wildman–Crippen LogP) is 2.20. The van der Waals surface area contributed by atoms with Crippen molar-refractivity contribution in [1.29, 1.82) is 0 Å². The molecule has 3 heterocycles. The Kier molecular flexibility index (Phi) is 7.89. The summed E-state index contributed by atoms with van der Waals surface area (Å²) in [6.07, 6.45) is 4.08. The lowest BCUT2D eigenvalue weighted by Gasteiger charge is -2.38. The molecule has 1 aliphatic rings. The van der Waals surface area contributed by atoms with Crippen LogP contribution in [0, 0.1) is 5.41 Å². The van der Waals surface area contributed by atoms with Gasteiger partial charge in [0.1, 0.15) is 5.65 Å². The van der Waals surface area contributed by atoms with Gasteiger partial charge in [0.15, 0.2) is 0 Å². The smallest absolute Gasteiger partial charge is 0.240 e. The molecule has 2 aromatic rings. The monoisotopic (exact) mass is 401 g/mol. The number of nitrogens with two attached hydrogens (primary N) is 1. The predicted molar refractivity (Wildman–Crippen MR) is 109 cm³/mol. The third-order valence-electron chi connectivity index (χ3n) is 4.68. The fraction of sp³-hybridized carbons (Fsp3) is 0.556. The summed E-state index contributed by atoms with van der Waals surface area (Å²) in [5.41, 5.74) is 7.94. The van der Waals surface area contributed by atoms with Gasteiger partial charge in [0.05, 0.1) is 11.7 Å². The molecule has 0 radical (unpaired) electrons. The maximum Gasteiger partial charge on any atom is 0.240 e. The zero-order chi connectivity index (χ0) is 17.3. The summed E-state index contributed by atoms with van der Waals surface area (Å²) >= 11 is 0. The Bertz CT molecular complexity index is 687. The maximum atomic E-state index is 12.5. The van der Waals surface area contributed by atoms with E-state index in [1.807, 2.05) is 54.5 Å². The second-order valence-corrected chi connectivity index (χ2v) is 7.64. The van der Waals surface area contributed by atoms with E-state index in [1.54, 1.807) is 0 Å². The number of fused-ring (bicyclic) bond motifs is 1. The molecule has 146 valence electrons. The molecule has 1 atom stereocenters. The second kappa shape index (κ2) is 9.04. The highest BCUT2D eigenvalue weighted by Gasteiger charge is 2.32. The van der Waals surface area contributed by atoms with Crippen LogP contribution in [0.4, 0.5) is 0 Å². The Balaban J connectivity index is 0.00000169. The molecule has 1 amide bonds. The molecule has 26 heavy (non-hydrogen) atoms. The van der Waals surface area contributed by atoms with Crippen LogP contribution in [0.25, 0.3) is 5.65 Å². The van der Waals surface area contributed by atoms with Crippen molar-refractivity contribution in [2.45, 2.75) is 33.4 Å². The van der Waals surface area contributed by atoms with E-state index in [2.05, 4.69) is 16.1 Å². The summed E-state index contributed by atoms with van der Waals surface area (Å²) in [7, 11) is 0. The van der Waals surface area contributed by atoms with E-state index in [4.69, 9.17) is 5.73 Å². The van der Waals surface area contributed by atoms with E-state index >= 15 is 0 Å². The zero-order valence-corrected chi connectivity index (χ0v) is 17.2. The van der Waals surface area contributed by atoms with Gasteiger partial charge in [-0.3, -0.25) is 9.69 Å². The van der Waals surface area contributed by atoms with Crippen LogP contribution in [0.3, 0.4) is 0 Å². The first-order valence-corrected chi connectivity index (χ1v) is 8.54. The average molecular weight is 402 g/mol. The number of aromatic nitrogens is 2. The summed E-state index contributed by atoms with van der Waals surface area (Å²) in [4.78, 5) is 21.4. The number of amides is 1. The summed E-state index contributed by atoms with van der Waals surface area (Å²) in [6, 6.07) is 5.56. The highest BCUT2D eigenvalue weighted by Crippen LogP contribution is 2.20. The van der Waals surface area contributed by atoms with Crippen LogP contribution in [-0.2, 0) is 11.3 Å². The van der Waals surface area contributed by atoms with Crippen LogP contribution in [-0.4, -0.2) is 57.3 Å². The Hall–Kier alpha value is -1.34. The van der Waals surface area contributed by atoms with Gasteiger partial charge in [-0.15, -0.1) is 24.8 Å². The number of hydrogen-bond donors (Lipinski definition) is 1. The molecule has 2 aromatic heterocycles. The summed E-state index contributed by atoms with van der Waals surface area (Å²) in [6.45, 7) is 10.0. The van der Waals surface area contributed by atoms with Gasteiger partial charge in [-0.2, -0.15) is 0 Å². The molecule has 0 aromatic carbocycles.